The summed E-state index contributed by atoms with van der Waals surface area (Å²) in [4.78, 5) is 3.24. The third kappa shape index (κ3) is 4.02. The molecule has 1 saturated heterocycles. The monoisotopic (exact) mass is 408 g/mol. The molecule has 1 aliphatic rings. The van der Waals surface area contributed by atoms with E-state index < -0.39 is 41.3 Å². The second-order valence-corrected chi connectivity index (χ2v) is 6.66. The summed E-state index contributed by atoms with van der Waals surface area (Å²) in [5.41, 5.74) is -3.97. The molecule has 1 aromatic carbocycles. The number of alkyl halides is 6. The molecule has 3 rings (SSSR count). The number of methoxy groups -OCH3 is 1. The molecule has 2 atom stereocenters. The predicted octanol–water partition coefficient (Wildman–Crippen LogP) is 4.46. The highest BCUT2D eigenvalue weighted by molar-refractivity contribution is 5.88. The van der Waals surface area contributed by atoms with Gasteiger partial charge in [0.05, 0.1) is 24.3 Å². The first-order chi connectivity index (χ1) is 13.0. The fourth-order valence-corrected chi connectivity index (χ4v) is 3.42. The van der Waals surface area contributed by atoms with Crippen LogP contribution in [-0.2, 0) is 12.4 Å². The molecule has 2 heterocycles. The first-order valence-corrected chi connectivity index (χ1v) is 8.61. The summed E-state index contributed by atoms with van der Waals surface area (Å²) in [6.07, 6.45) is -9.26. The van der Waals surface area contributed by atoms with E-state index in [1.165, 1.54) is 6.07 Å². The quantitative estimate of drug-likeness (QED) is 0.737. The van der Waals surface area contributed by atoms with Crippen LogP contribution in [0.3, 0.4) is 0 Å². The van der Waals surface area contributed by atoms with Crippen molar-refractivity contribution in [3.8, 4) is 5.75 Å². The maximum absolute atomic E-state index is 13.5. The molecule has 1 aliphatic heterocycles. The van der Waals surface area contributed by atoms with Crippen molar-refractivity contribution in [2.45, 2.75) is 43.8 Å². The van der Waals surface area contributed by atoms with Crippen LogP contribution in [0.1, 0.15) is 42.2 Å². The van der Waals surface area contributed by atoms with Crippen molar-refractivity contribution in [1.82, 2.24) is 10.3 Å². The molecule has 0 spiro atoms. The average Bonchev–Trinajstić information content (AvgIpc) is 2.64. The lowest BCUT2D eigenvalue weighted by Crippen LogP contribution is -2.39. The molecule has 0 saturated carbocycles. The van der Waals surface area contributed by atoms with Crippen molar-refractivity contribution >= 4 is 10.9 Å². The number of ether oxygens (including phenoxy) is 1. The van der Waals surface area contributed by atoms with Crippen LogP contribution in [0.2, 0.25) is 0 Å². The lowest BCUT2D eigenvalue weighted by Gasteiger charge is -2.29. The predicted molar refractivity (Wildman–Crippen MR) is 88.9 cm³/mol. The summed E-state index contributed by atoms with van der Waals surface area (Å²) < 4.78 is 85.3. The summed E-state index contributed by atoms with van der Waals surface area (Å²) in [5, 5.41) is 13.5. The molecule has 10 heteroatoms. The number of piperidine rings is 1. The zero-order valence-electron chi connectivity index (χ0n) is 14.8. The van der Waals surface area contributed by atoms with Gasteiger partial charge in [0.15, 0.2) is 0 Å². The first kappa shape index (κ1) is 20.7. The number of hydrogen-bond donors (Lipinski definition) is 2. The molecular formula is C18H18F6N2O2. The minimum atomic E-state index is -4.97. The van der Waals surface area contributed by atoms with Crippen LogP contribution in [0.25, 0.3) is 10.9 Å². The maximum atomic E-state index is 13.5. The second-order valence-electron chi connectivity index (χ2n) is 6.66. The summed E-state index contributed by atoms with van der Waals surface area (Å²) in [6.45, 7) is 0.563. The Kier molecular flexibility index (Phi) is 5.46. The molecule has 0 aliphatic carbocycles. The summed E-state index contributed by atoms with van der Waals surface area (Å²) in [7, 11) is 1.15. The first-order valence-electron chi connectivity index (χ1n) is 8.61. The van der Waals surface area contributed by atoms with Crippen molar-refractivity contribution in [3.05, 3.63) is 35.0 Å². The molecule has 1 aromatic heterocycles. The van der Waals surface area contributed by atoms with Crippen molar-refractivity contribution in [3.63, 3.8) is 0 Å². The Morgan fingerprint density at radius 2 is 1.82 bits per heavy atom. The van der Waals surface area contributed by atoms with Gasteiger partial charge in [-0.25, -0.2) is 4.98 Å². The Morgan fingerprint density at radius 1 is 1.11 bits per heavy atom. The smallest absolute Gasteiger partial charge is 0.433 e. The Hall–Kier alpha value is -2.07. The fraction of sp³-hybridized carbons (Fsp3) is 0.500. The molecule has 0 amide bonds. The van der Waals surface area contributed by atoms with E-state index in [1.807, 2.05) is 0 Å². The van der Waals surface area contributed by atoms with Crippen molar-refractivity contribution in [1.29, 1.82) is 0 Å². The highest BCUT2D eigenvalue weighted by Gasteiger charge is 2.39. The number of pyridine rings is 1. The molecule has 28 heavy (non-hydrogen) atoms. The number of fused-ring (bicyclic) bond motifs is 1. The zero-order valence-corrected chi connectivity index (χ0v) is 14.8. The van der Waals surface area contributed by atoms with E-state index in [0.717, 1.165) is 20.0 Å². The number of aliphatic hydroxyl groups excluding tert-OH is 1. The standard InChI is InChI=1S/C18H18F6N2O2/c1-28-9-6-10-11(16(27)13-4-2-3-5-25-13)8-14(18(22,23)24)26-15(10)12(7-9)17(19,20)21/h6-8,13,16,25,27H,2-5H2,1H3. The minimum absolute atomic E-state index is 0.188. The molecule has 0 radical (unpaired) electrons. The van der Waals surface area contributed by atoms with E-state index in [-0.39, 0.29) is 16.7 Å². The average molecular weight is 408 g/mol. The van der Waals surface area contributed by atoms with Gasteiger partial charge < -0.3 is 15.2 Å². The highest BCUT2D eigenvalue weighted by Crippen LogP contribution is 2.42. The maximum Gasteiger partial charge on any atom is 0.433 e. The van der Waals surface area contributed by atoms with E-state index in [0.29, 0.717) is 25.1 Å². The van der Waals surface area contributed by atoms with Crippen LogP contribution >= 0.6 is 0 Å². The SMILES string of the molecule is COc1cc(C(F)(F)F)c2nc(C(F)(F)F)cc(C(O)C3CCCCN3)c2c1. The number of aromatic nitrogens is 1. The van der Waals surface area contributed by atoms with Gasteiger partial charge >= 0.3 is 12.4 Å². The van der Waals surface area contributed by atoms with E-state index in [4.69, 9.17) is 4.74 Å². The van der Waals surface area contributed by atoms with E-state index in [1.54, 1.807) is 0 Å². The van der Waals surface area contributed by atoms with Gasteiger partial charge in [-0.1, -0.05) is 6.42 Å². The van der Waals surface area contributed by atoms with Gasteiger partial charge in [-0.05, 0) is 43.1 Å². The molecule has 2 N–H and O–H groups in total. The second kappa shape index (κ2) is 7.40. The van der Waals surface area contributed by atoms with Crippen LogP contribution in [0, 0.1) is 0 Å². The minimum Gasteiger partial charge on any atom is -0.497 e. The van der Waals surface area contributed by atoms with Crippen molar-refractivity contribution in [2.24, 2.45) is 0 Å². The van der Waals surface area contributed by atoms with Gasteiger partial charge in [-0.3, -0.25) is 0 Å². The van der Waals surface area contributed by atoms with Gasteiger partial charge in [0.25, 0.3) is 0 Å². The van der Waals surface area contributed by atoms with Crippen LogP contribution in [0.4, 0.5) is 26.3 Å². The van der Waals surface area contributed by atoms with E-state index in [9.17, 15) is 31.4 Å². The molecule has 4 nitrogen and oxygen atoms in total. The lowest BCUT2D eigenvalue weighted by molar-refractivity contribution is -0.142. The van der Waals surface area contributed by atoms with Gasteiger partial charge in [0.1, 0.15) is 11.4 Å². The van der Waals surface area contributed by atoms with Crippen LogP contribution in [0.5, 0.6) is 5.75 Å². The third-order valence-corrected chi connectivity index (χ3v) is 4.80. The third-order valence-electron chi connectivity index (χ3n) is 4.80. The summed E-state index contributed by atoms with van der Waals surface area (Å²) in [6, 6.07) is 1.81. The zero-order chi connectivity index (χ0) is 20.7. The van der Waals surface area contributed by atoms with Crippen molar-refractivity contribution < 1.29 is 36.2 Å². The normalized spacial score (nSPS) is 19.6. The van der Waals surface area contributed by atoms with Gasteiger partial charge in [-0.15, -0.1) is 0 Å². The van der Waals surface area contributed by atoms with Crippen LogP contribution < -0.4 is 10.1 Å². The van der Waals surface area contributed by atoms with Crippen LogP contribution in [-0.4, -0.2) is 29.8 Å². The summed E-state index contributed by atoms with van der Waals surface area (Å²) in [5.74, 6) is -0.188. The Labute approximate surface area is 156 Å². The molecule has 1 fully saturated rings. The number of halogens is 6. The highest BCUT2D eigenvalue weighted by atomic mass is 19.4. The molecule has 0 bridgehead atoms. The molecule has 154 valence electrons. The summed E-state index contributed by atoms with van der Waals surface area (Å²) >= 11 is 0. The lowest BCUT2D eigenvalue weighted by atomic mass is 9.91. The van der Waals surface area contributed by atoms with Crippen LogP contribution in [0.15, 0.2) is 18.2 Å². The molecule has 2 aromatic rings. The number of rotatable bonds is 3. The Morgan fingerprint density at radius 3 is 2.36 bits per heavy atom. The Balaban J connectivity index is 2.30. The van der Waals surface area contributed by atoms with E-state index in [2.05, 4.69) is 10.3 Å². The van der Waals surface area contributed by atoms with E-state index >= 15 is 0 Å². The van der Waals surface area contributed by atoms with Crippen molar-refractivity contribution in [2.75, 3.05) is 13.7 Å². The largest absolute Gasteiger partial charge is 0.497 e. The number of benzene rings is 1. The fourth-order valence-electron chi connectivity index (χ4n) is 3.42. The molecule has 2 unspecified atom stereocenters. The molecular weight excluding hydrogens is 390 g/mol. The number of nitrogens with one attached hydrogen (secondary N) is 1. The number of aliphatic hydroxyl groups is 1. The van der Waals surface area contributed by atoms with Gasteiger partial charge in [0.2, 0.25) is 0 Å². The van der Waals surface area contributed by atoms with Gasteiger partial charge in [-0.2, -0.15) is 26.3 Å². The topological polar surface area (TPSA) is 54.4 Å². The van der Waals surface area contributed by atoms with Gasteiger partial charge in [0, 0.05) is 11.4 Å². The number of nitrogens with zero attached hydrogens (tertiary/aromatic N) is 1. The number of hydrogen-bond acceptors (Lipinski definition) is 4. The Bertz CT molecular complexity index is 860.